The molecule has 4 heteroatoms. The molecule has 94 valence electrons. The first-order chi connectivity index (χ1) is 8.47. The number of hydrogen-bond donors (Lipinski definition) is 1. The van der Waals surface area contributed by atoms with E-state index in [1.54, 1.807) is 0 Å². The highest BCUT2D eigenvalue weighted by molar-refractivity contribution is 7.99. The second-order valence-electron chi connectivity index (χ2n) is 4.18. The lowest BCUT2D eigenvalue weighted by Gasteiger charge is -2.09. The SMILES string of the molecule is Cc1ccc(Sc2cc(F)c(Cl)cc2N)c(C)c1. The van der Waals surface area contributed by atoms with Crippen molar-refractivity contribution in [3.63, 3.8) is 0 Å². The van der Waals surface area contributed by atoms with Crippen LogP contribution in [0.3, 0.4) is 0 Å². The minimum Gasteiger partial charge on any atom is -0.398 e. The molecule has 0 saturated carbocycles. The molecule has 2 N–H and O–H groups in total. The highest BCUT2D eigenvalue weighted by Crippen LogP contribution is 2.36. The van der Waals surface area contributed by atoms with Crippen LogP contribution in [0.5, 0.6) is 0 Å². The Labute approximate surface area is 115 Å². The summed E-state index contributed by atoms with van der Waals surface area (Å²) in [7, 11) is 0. The van der Waals surface area contributed by atoms with Crippen LogP contribution in [-0.2, 0) is 0 Å². The van der Waals surface area contributed by atoms with E-state index < -0.39 is 5.82 Å². The quantitative estimate of drug-likeness (QED) is 0.798. The van der Waals surface area contributed by atoms with Gasteiger partial charge >= 0.3 is 0 Å². The number of benzene rings is 2. The molecular weight excluding hydrogens is 269 g/mol. The summed E-state index contributed by atoms with van der Waals surface area (Å²) in [6.45, 7) is 4.07. The predicted molar refractivity (Wildman–Crippen MR) is 75.9 cm³/mol. The zero-order valence-corrected chi connectivity index (χ0v) is 11.7. The summed E-state index contributed by atoms with van der Waals surface area (Å²) in [6, 6.07) is 8.95. The number of rotatable bonds is 2. The molecule has 0 amide bonds. The second-order valence-corrected chi connectivity index (χ2v) is 5.67. The third-order valence-corrected chi connectivity index (χ3v) is 4.14. The largest absolute Gasteiger partial charge is 0.398 e. The maximum Gasteiger partial charge on any atom is 0.143 e. The molecule has 0 aliphatic heterocycles. The molecule has 0 atom stereocenters. The molecule has 0 bridgehead atoms. The molecule has 0 aliphatic rings. The number of halogens is 2. The van der Waals surface area contributed by atoms with Gasteiger partial charge in [0.2, 0.25) is 0 Å². The average Bonchev–Trinajstić information content (AvgIpc) is 2.29. The highest BCUT2D eigenvalue weighted by atomic mass is 35.5. The number of anilines is 1. The average molecular weight is 282 g/mol. The van der Waals surface area contributed by atoms with E-state index in [2.05, 4.69) is 6.07 Å². The van der Waals surface area contributed by atoms with Crippen LogP contribution in [0, 0.1) is 19.7 Å². The summed E-state index contributed by atoms with van der Waals surface area (Å²) in [5, 5.41) is 0.0532. The summed E-state index contributed by atoms with van der Waals surface area (Å²) < 4.78 is 13.4. The fraction of sp³-hybridized carbons (Fsp3) is 0.143. The van der Waals surface area contributed by atoms with Crippen LogP contribution >= 0.6 is 23.4 Å². The third kappa shape index (κ3) is 2.79. The molecule has 2 aromatic carbocycles. The zero-order chi connectivity index (χ0) is 13.3. The van der Waals surface area contributed by atoms with E-state index in [4.69, 9.17) is 17.3 Å². The van der Waals surface area contributed by atoms with E-state index in [-0.39, 0.29) is 5.02 Å². The number of nitrogens with two attached hydrogens (primary N) is 1. The van der Waals surface area contributed by atoms with Gasteiger partial charge in [0, 0.05) is 15.5 Å². The van der Waals surface area contributed by atoms with Crippen molar-refractivity contribution < 1.29 is 4.39 Å². The van der Waals surface area contributed by atoms with Gasteiger partial charge in [0.1, 0.15) is 5.82 Å². The third-order valence-electron chi connectivity index (χ3n) is 2.60. The molecule has 0 spiro atoms. The van der Waals surface area contributed by atoms with Gasteiger partial charge < -0.3 is 5.73 Å². The molecule has 0 fully saturated rings. The van der Waals surface area contributed by atoms with Crippen LogP contribution in [0.2, 0.25) is 5.02 Å². The normalized spacial score (nSPS) is 10.7. The van der Waals surface area contributed by atoms with E-state index in [0.29, 0.717) is 10.6 Å². The molecule has 0 unspecified atom stereocenters. The first-order valence-corrected chi connectivity index (χ1v) is 6.66. The second kappa shape index (κ2) is 5.21. The maximum atomic E-state index is 13.4. The fourth-order valence-corrected chi connectivity index (χ4v) is 2.77. The Morgan fingerprint density at radius 2 is 1.83 bits per heavy atom. The van der Waals surface area contributed by atoms with Crippen LogP contribution in [0.1, 0.15) is 11.1 Å². The van der Waals surface area contributed by atoms with Crippen molar-refractivity contribution in [1.82, 2.24) is 0 Å². The van der Waals surface area contributed by atoms with E-state index in [1.807, 2.05) is 26.0 Å². The molecule has 0 radical (unpaired) electrons. The minimum atomic E-state index is -0.446. The summed E-state index contributed by atoms with van der Waals surface area (Å²) >= 11 is 7.13. The molecule has 2 rings (SSSR count). The first-order valence-electron chi connectivity index (χ1n) is 5.47. The van der Waals surface area contributed by atoms with Gasteiger partial charge in [0.25, 0.3) is 0 Å². The van der Waals surface area contributed by atoms with Crippen molar-refractivity contribution in [2.75, 3.05) is 5.73 Å². The van der Waals surface area contributed by atoms with Crippen molar-refractivity contribution in [3.05, 3.63) is 52.3 Å². The van der Waals surface area contributed by atoms with Crippen LogP contribution in [0.15, 0.2) is 40.1 Å². The summed E-state index contributed by atoms with van der Waals surface area (Å²) in [5.74, 6) is -0.446. The van der Waals surface area contributed by atoms with Gasteiger partial charge in [-0.2, -0.15) is 0 Å². The standard InChI is InChI=1S/C14H13ClFNS/c1-8-3-4-13(9(2)5-8)18-14-7-11(16)10(15)6-12(14)17/h3-7H,17H2,1-2H3. The van der Waals surface area contributed by atoms with Crippen LogP contribution in [-0.4, -0.2) is 0 Å². The zero-order valence-electron chi connectivity index (χ0n) is 10.1. The molecule has 0 aliphatic carbocycles. The fourth-order valence-electron chi connectivity index (χ4n) is 1.66. The van der Waals surface area contributed by atoms with E-state index in [0.717, 1.165) is 10.5 Å². The lowest BCUT2D eigenvalue weighted by molar-refractivity contribution is 0.625. The Bertz CT molecular complexity index is 599. The van der Waals surface area contributed by atoms with Crippen molar-refractivity contribution in [2.45, 2.75) is 23.6 Å². The molecule has 1 nitrogen and oxygen atoms in total. The molecule has 2 aromatic rings. The summed E-state index contributed by atoms with van der Waals surface area (Å²) in [6.07, 6.45) is 0. The van der Waals surface area contributed by atoms with Crippen LogP contribution in [0.4, 0.5) is 10.1 Å². The molecule has 0 aromatic heterocycles. The van der Waals surface area contributed by atoms with Gasteiger partial charge in [-0.25, -0.2) is 4.39 Å². The minimum absolute atomic E-state index is 0.0532. The van der Waals surface area contributed by atoms with Crippen molar-refractivity contribution >= 4 is 29.1 Å². The Morgan fingerprint density at radius 3 is 2.50 bits per heavy atom. The van der Waals surface area contributed by atoms with E-state index in [1.165, 1.54) is 29.5 Å². The summed E-state index contributed by atoms with van der Waals surface area (Å²) in [5.41, 5.74) is 8.69. The van der Waals surface area contributed by atoms with E-state index in [9.17, 15) is 4.39 Å². The van der Waals surface area contributed by atoms with Gasteiger partial charge in [-0.3, -0.25) is 0 Å². The predicted octanol–water partition coefficient (Wildman–Crippen LogP) is 4.83. The first kappa shape index (κ1) is 13.2. The lowest BCUT2D eigenvalue weighted by Crippen LogP contribution is -1.91. The van der Waals surface area contributed by atoms with Gasteiger partial charge in [-0.15, -0.1) is 0 Å². The van der Waals surface area contributed by atoms with Crippen LogP contribution in [0.25, 0.3) is 0 Å². The van der Waals surface area contributed by atoms with Gasteiger partial charge in [0.05, 0.1) is 5.02 Å². The molecule has 0 heterocycles. The number of hydrogen-bond acceptors (Lipinski definition) is 2. The van der Waals surface area contributed by atoms with Gasteiger partial charge in [-0.1, -0.05) is 41.1 Å². The van der Waals surface area contributed by atoms with Gasteiger partial charge in [0.15, 0.2) is 0 Å². The summed E-state index contributed by atoms with van der Waals surface area (Å²) in [4.78, 5) is 1.75. The van der Waals surface area contributed by atoms with E-state index >= 15 is 0 Å². The van der Waals surface area contributed by atoms with Crippen molar-refractivity contribution in [1.29, 1.82) is 0 Å². The smallest absolute Gasteiger partial charge is 0.143 e. The number of aryl methyl sites for hydroxylation is 2. The van der Waals surface area contributed by atoms with Crippen LogP contribution < -0.4 is 5.73 Å². The number of nitrogen functional groups attached to an aromatic ring is 1. The molecule has 0 saturated heterocycles. The maximum absolute atomic E-state index is 13.4. The Morgan fingerprint density at radius 1 is 1.11 bits per heavy atom. The monoisotopic (exact) mass is 281 g/mol. The lowest BCUT2D eigenvalue weighted by atomic mass is 10.2. The van der Waals surface area contributed by atoms with Crippen molar-refractivity contribution in [3.8, 4) is 0 Å². The molecular formula is C14H13ClFNS. The van der Waals surface area contributed by atoms with Crippen molar-refractivity contribution in [2.24, 2.45) is 0 Å². The van der Waals surface area contributed by atoms with Gasteiger partial charge in [-0.05, 0) is 37.6 Å². The molecule has 18 heavy (non-hydrogen) atoms. The Balaban J connectivity index is 2.37. The topological polar surface area (TPSA) is 26.0 Å². The Hall–Kier alpha value is -1.19. The highest BCUT2D eigenvalue weighted by Gasteiger charge is 2.09. The Kier molecular flexibility index (Phi) is 3.83.